The molecular formula is C25H33N5O3S2. The van der Waals surface area contributed by atoms with Crippen molar-refractivity contribution in [2.24, 2.45) is 5.92 Å². The maximum atomic E-state index is 10.9. The SMILES string of the molecule is CCC1C[C@@H](NC=O)C[C@@H](c2ccc(Nc3nc(-c4sc(C)nc4C)cs3)nc2)C1.CCOC=O. The van der Waals surface area contributed by atoms with Gasteiger partial charge in [0, 0.05) is 17.6 Å². The van der Waals surface area contributed by atoms with E-state index < -0.39 is 0 Å². The third-order valence-electron chi connectivity index (χ3n) is 6.05. The number of nitrogens with one attached hydrogen (secondary N) is 2. The van der Waals surface area contributed by atoms with Crippen molar-refractivity contribution < 1.29 is 14.3 Å². The number of aromatic nitrogens is 3. The second-order valence-electron chi connectivity index (χ2n) is 8.50. The molecule has 4 rings (SSSR count). The Labute approximate surface area is 214 Å². The van der Waals surface area contributed by atoms with Crippen molar-refractivity contribution in [3.05, 3.63) is 40.0 Å². The predicted octanol–water partition coefficient (Wildman–Crippen LogP) is 5.61. The molecule has 0 bridgehead atoms. The number of hydrogen-bond donors (Lipinski definition) is 2. The van der Waals surface area contributed by atoms with Gasteiger partial charge in [0.15, 0.2) is 5.13 Å². The summed E-state index contributed by atoms with van der Waals surface area (Å²) in [6.45, 7) is 8.94. The Balaban J connectivity index is 0.000000623. The molecule has 0 saturated heterocycles. The molecule has 1 unspecified atom stereocenters. The standard InChI is InChI=1S/C22H27N5OS2.C3H6O2/c1-4-15-7-17(9-18(8-15)24-12-28)16-5-6-20(23-10-16)27-22-26-19(11-29-22)21-13(2)25-14(3)30-21;1-2-5-3-4/h5-6,10-12,15,17-18H,4,7-9H2,1-3H3,(H,24,28)(H,23,26,27);3H,2H2,1H3/t15?,17-,18+;/m0./s1. The van der Waals surface area contributed by atoms with E-state index in [4.69, 9.17) is 4.98 Å². The van der Waals surface area contributed by atoms with Crippen molar-refractivity contribution >= 4 is 46.5 Å². The highest BCUT2D eigenvalue weighted by Gasteiger charge is 2.28. The van der Waals surface area contributed by atoms with Crippen molar-refractivity contribution in [3.8, 4) is 10.6 Å². The second-order valence-corrected chi connectivity index (χ2v) is 10.6. The molecule has 1 saturated carbocycles. The number of carbonyl (C=O) groups excluding carboxylic acids is 2. The number of pyridine rings is 1. The molecule has 3 aromatic heterocycles. The number of anilines is 2. The fourth-order valence-corrected chi connectivity index (χ4v) is 6.04. The van der Waals surface area contributed by atoms with Gasteiger partial charge in [-0.05, 0) is 63.5 Å². The Bertz CT molecular complexity index is 1080. The van der Waals surface area contributed by atoms with Crippen molar-refractivity contribution in [2.75, 3.05) is 11.9 Å². The first-order valence-electron chi connectivity index (χ1n) is 11.8. The van der Waals surface area contributed by atoms with Crippen molar-refractivity contribution in [1.29, 1.82) is 0 Å². The number of carbonyl (C=O) groups is 2. The smallest absolute Gasteiger partial charge is 0.293 e. The molecule has 8 nitrogen and oxygen atoms in total. The van der Waals surface area contributed by atoms with Gasteiger partial charge < -0.3 is 15.4 Å². The van der Waals surface area contributed by atoms with E-state index in [1.165, 1.54) is 5.56 Å². The largest absolute Gasteiger partial charge is 0.468 e. The van der Waals surface area contributed by atoms with Crippen molar-refractivity contribution in [1.82, 2.24) is 20.3 Å². The lowest BCUT2D eigenvalue weighted by molar-refractivity contribution is -0.128. The molecule has 0 spiro atoms. The van der Waals surface area contributed by atoms with Gasteiger partial charge in [-0.1, -0.05) is 19.4 Å². The highest BCUT2D eigenvalue weighted by atomic mass is 32.1. The molecule has 3 aromatic rings. The van der Waals surface area contributed by atoms with Crippen molar-refractivity contribution in [3.63, 3.8) is 0 Å². The average Bonchev–Trinajstić information content (AvgIpc) is 3.45. The van der Waals surface area contributed by atoms with E-state index in [2.05, 4.69) is 43.7 Å². The first-order valence-corrected chi connectivity index (χ1v) is 13.5. The normalized spacial score (nSPS) is 19.3. The zero-order valence-corrected chi connectivity index (χ0v) is 22.2. The summed E-state index contributed by atoms with van der Waals surface area (Å²) in [6, 6.07) is 4.44. The van der Waals surface area contributed by atoms with E-state index in [1.807, 2.05) is 26.1 Å². The van der Waals surface area contributed by atoms with E-state index in [1.54, 1.807) is 29.6 Å². The predicted molar refractivity (Wildman–Crippen MR) is 141 cm³/mol. The zero-order chi connectivity index (χ0) is 25.2. The number of ether oxygens (including phenoxy) is 1. The summed E-state index contributed by atoms with van der Waals surface area (Å²) in [5, 5.41) is 10.3. The van der Waals surface area contributed by atoms with E-state index in [0.717, 1.165) is 64.3 Å². The quantitative estimate of drug-likeness (QED) is 0.357. The van der Waals surface area contributed by atoms with Gasteiger partial charge in [0.1, 0.15) is 5.82 Å². The number of hydrogen-bond acceptors (Lipinski definition) is 9. The summed E-state index contributed by atoms with van der Waals surface area (Å²) in [7, 11) is 0. The highest BCUT2D eigenvalue weighted by molar-refractivity contribution is 7.16. The lowest BCUT2D eigenvalue weighted by Crippen LogP contribution is -2.36. The maximum Gasteiger partial charge on any atom is 0.293 e. The number of thiazole rings is 2. The molecule has 0 aromatic carbocycles. The summed E-state index contributed by atoms with van der Waals surface area (Å²) in [5.74, 6) is 1.88. The van der Waals surface area contributed by atoms with Crippen LogP contribution in [0.15, 0.2) is 23.7 Å². The maximum absolute atomic E-state index is 10.9. The first kappa shape index (κ1) is 26.7. The van der Waals surface area contributed by atoms with Gasteiger partial charge >= 0.3 is 0 Å². The molecule has 188 valence electrons. The molecule has 1 aliphatic rings. The molecule has 35 heavy (non-hydrogen) atoms. The lowest BCUT2D eigenvalue weighted by atomic mass is 9.75. The minimum absolute atomic E-state index is 0.261. The fourth-order valence-electron chi connectivity index (χ4n) is 4.38. The van der Waals surface area contributed by atoms with Crippen LogP contribution < -0.4 is 10.6 Å². The van der Waals surface area contributed by atoms with Crippen molar-refractivity contribution in [2.45, 2.75) is 65.3 Å². The van der Waals surface area contributed by atoms with E-state index in [0.29, 0.717) is 24.9 Å². The van der Waals surface area contributed by atoms with Gasteiger partial charge in [-0.25, -0.2) is 15.0 Å². The van der Waals surface area contributed by atoms with Crippen LogP contribution >= 0.6 is 22.7 Å². The summed E-state index contributed by atoms with van der Waals surface area (Å²) in [6.07, 6.45) is 7.16. The average molecular weight is 516 g/mol. The van der Waals surface area contributed by atoms with E-state index in [9.17, 15) is 9.59 Å². The molecule has 3 atom stereocenters. The summed E-state index contributed by atoms with van der Waals surface area (Å²) in [5.41, 5.74) is 3.23. The number of rotatable bonds is 9. The molecule has 2 N–H and O–H groups in total. The molecule has 0 radical (unpaired) electrons. The number of nitrogens with zero attached hydrogens (tertiary/aromatic N) is 3. The minimum atomic E-state index is 0.261. The van der Waals surface area contributed by atoms with Crippen LogP contribution in [0.1, 0.15) is 61.7 Å². The van der Waals surface area contributed by atoms with Crippen LogP contribution in [0.3, 0.4) is 0 Å². The monoisotopic (exact) mass is 515 g/mol. The molecule has 1 amide bonds. The topological polar surface area (TPSA) is 106 Å². The summed E-state index contributed by atoms with van der Waals surface area (Å²) in [4.78, 5) is 35.0. The third-order valence-corrected chi connectivity index (χ3v) is 7.91. The van der Waals surface area contributed by atoms with Gasteiger partial charge in [0.2, 0.25) is 6.41 Å². The Morgan fingerprint density at radius 2 is 1.97 bits per heavy atom. The summed E-state index contributed by atoms with van der Waals surface area (Å²) < 4.78 is 4.15. The first-order chi connectivity index (χ1) is 17.0. The molecule has 0 aliphatic heterocycles. The van der Waals surface area contributed by atoms with Crippen LogP contribution in [0.25, 0.3) is 10.6 Å². The summed E-state index contributed by atoms with van der Waals surface area (Å²) >= 11 is 3.25. The van der Waals surface area contributed by atoms with Gasteiger partial charge in [0.05, 0.1) is 27.9 Å². The van der Waals surface area contributed by atoms with Crippen LogP contribution in [0.4, 0.5) is 10.9 Å². The Kier molecular flexibility index (Phi) is 10.2. The van der Waals surface area contributed by atoms with Crippen LogP contribution in [-0.2, 0) is 14.3 Å². The van der Waals surface area contributed by atoms with Crippen LogP contribution in [0.5, 0.6) is 0 Å². The lowest BCUT2D eigenvalue weighted by Gasteiger charge is -2.34. The molecule has 1 fully saturated rings. The molecule has 1 aliphatic carbocycles. The Morgan fingerprint density at radius 3 is 2.54 bits per heavy atom. The number of amides is 1. The zero-order valence-electron chi connectivity index (χ0n) is 20.6. The van der Waals surface area contributed by atoms with Gasteiger partial charge in [0.25, 0.3) is 6.47 Å². The second kappa shape index (κ2) is 13.3. The highest BCUT2D eigenvalue weighted by Crippen LogP contribution is 2.38. The number of aryl methyl sites for hydroxylation is 2. The van der Waals surface area contributed by atoms with Gasteiger partial charge in [-0.3, -0.25) is 9.59 Å². The molecule has 10 heteroatoms. The van der Waals surface area contributed by atoms with Crippen LogP contribution in [-0.4, -0.2) is 40.5 Å². The van der Waals surface area contributed by atoms with Crippen LogP contribution in [0.2, 0.25) is 0 Å². The molecule has 3 heterocycles. The minimum Gasteiger partial charge on any atom is -0.468 e. The fraction of sp³-hybridized carbons (Fsp3) is 0.480. The van der Waals surface area contributed by atoms with Crippen LogP contribution in [0, 0.1) is 19.8 Å². The van der Waals surface area contributed by atoms with Gasteiger partial charge in [-0.15, -0.1) is 22.7 Å². The Morgan fingerprint density at radius 1 is 1.14 bits per heavy atom. The Hall–Kier alpha value is -2.85. The van der Waals surface area contributed by atoms with E-state index >= 15 is 0 Å². The van der Waals surface area contributed by atoms with E-state index in [-0.39, 0.29) is 6.04 Å². The molecular weight excluding hydrogens is 482 g/mol. The third kappa shape index (κ3) is 7.57. The van der Waals surface area contributed by atoms with Gasteiger partial charge in [-0.2, -0.15) is 0 Å².